The van der Waals surface area contributed by atoms with Crippen molar-refractivity contribution in [1.29, 1.82) is 0 Å². The molecule has 1 fully saturated rings. The lowest BCUT2D eigenvalue weighted by Crippen LogP contribution is -2.25. The van der Waals surface area contributed by atoms with Crippen LogP contribution >= 0.6 is 0 Å². The molecule has 1 aromatic rings. The summed E-state index contributed by atoms with van der Waals surface area (Å²) in [5, 5.41) is 10.6. The van der Waals surface area contributed by atoms with Crippen molar-refractivity contribution >= 4 is 0 Å². The number of methoxy groups -OCH3 is 1. The van der Waals surface area contributed by atoms with Crippen LogP contribution in [0, 0.1) is 0 Å². The fourth-order valence-corrected chi connectivity index (χ4v) is 2.12. The molecule has 2 rings (SSSR count). The SMILES string of the molecule is COc1ccc(C2(O)CCCOCC2)cc1. The van der Waals surface area contributed by atoms with Crippen molar-refractivity contribution in [2.75, 3.05) is 20.3 Å². The standard InChI is InChI=1S/C13H18O3/c1-15-12-5-3-11(4-6-12)13(14)7-2-9-16-10-8-13/h3-6,14H,2,7-10H2,1H3. The predicted molar refractivity (Wildman–Crippen MR) is 61.6 cm³/mol. The highest BCUT2D eigenvalue weighted by Gasteiger charge is 2.30. The van der Waals surface area contributed by atoms with Crippen LogP contribution in [0.5, 0.6) is 5.75 Å². The van der Waals surface area contributed by atoms with E-state index in [9.17, 15) is 5.11 Å². The van der Waals surface area contributed by atoms with Gasteiger partial charge in [-0.1, -0.05) is 12.1 Å². The summed E-state index contributed by atoms with van der Waals surface area (Å²) in [6.45, 7) is 1.38. The van der Waals surface area contributed by atoms with Crippen LogP contribution in [0.2, 0.25) is 0 Å². The molecule has 1 aliphatic heterocycles. The van der Waals surface area contributed by atoms with Crippen LogP contribution in [0.3, 0.4) is 0 Å². The van der Waals surface area contributed by atoms with E-state index in [0.29, 0.717) is 13.0 Å². The quantitative estimate of drug-likeness (QED) is 0.832. The van der Waals surface area contributed by atoms with Gasteiger partial charge in [0.25, 0.3) is 0 Å². The van der Waals surface area contributed by atoms with Crippen molar-refractivity contribution in [2.24, 2.45) is 0 Å². The van der Waals surface area contributed by atoms with E-state index >= 15 is 0 Å². The summed E-state index contributed by atoms with van der Waals surface area (Å²) in [5.74, 6) is 0.817. The normalized spacial score (nSPS) is 26.1. The number of rotatable bonds is 2. The van der Waals surface area contributed by atoms with Crippen molar-refractivity contribution in [3.05, 3.63) is 29.8 Å². The zero-order valence-electron chi connectivity index (χ0n) is 9.61. The van der Waals surface area contributed by atoms with Crippen LogP contribution in [0.15, 0.2) is 24.3 Å². The Morgan fingerprint density at radius 1 is 1.19 bits per heavy atom. The summed E-state index contributed by atoms with van der Waals surface area (Å²) < 4.78 is 10.5. The largest absolute Gasteiger partial charge is 0.497 e. The van der Waals surface area contributed by atoms with Crippen molar-refractivity contribution < 1.29 is 14.6 Å². The number of aliphatic hydroxyl groups is 1. The Hall–Kier alpha value is -1.06. The van der Waals surface area contributed by atoms with Gasteiger partial charge < -0.3 is 14.6 Å². The van der Waals surface area contributed by atoms with Gasteiger partial charge in [0, 0.05) is 19.6 Å². The summed E-state index contributed by atoms with van der Waals surface area (Å²) >= 11 is 0. The minimum atomic E-state index is -0.733. The molecule has 88 valence electrons. The third kappa shape index (κ3) is 2.36. The van der Waals surface area contributed by atoms with Crippen molar-refractivity contribution in [1.82, 2.24) is 0 Å². The molecule has 0 bridgehead atoms. The number of hydrogen-bond donors (Lipinski definition) is 1. The Balaban J connectivity index is 2.19. The molecule has 3 heteroatoms. The van der Waals surface area contributed by atoms with Gasteiger partial charge in [0.1, 0.15) is 5.75 Å². The zero-order chi connectivity index (χ0) is 11.4. The maximum Gasteiger partial charge on any atom is 0.118 e. The summed E-state index contributed by atoms with van der Waals surface area (Å²) in [6, 6.07) is 7.65. The number of benzene rings is 1. The summed E-state index contributed by atoms with van der Waals surface area (Å²) in [6.07, 6.45) is 2.33. The maximum absolute atomic E-state index is 10.6. The molecule has 0 saturated carbocycles. The fraction of sp³-hybridized carbons (Fsp3) is 0.538. The smallest absolute Gasteiger partial charge is 0.118 e. The zero-order valence-corrected chi connectivity index (χ0v) is 9.61. The fourth-order valence-electron chi connectivity index (χ4n) is 2.12. The Morgan fingerprint density at radius 2 is 1.94 bits per heavy atom. The molecule has 0 aliphatic carbocycles. The van der Waals surface area contributed by atoms with E-state index in [1.54, 1.807) is 7.11 Å². The predicted octanol–water partition coefficient (Wildman–Crippen LogP) is 2.08. The van der Waals surface area contributed by atoms with Crippen molar-refractivity contribution in [3.63, 3.8) is 0 Å². The van der Waals surface area contributed by atoms with Crippen molar-refractivity contribution in [3.8, 4) is 5.75 Å². The number of ether oxygens (including phenoxy) is 2. The second-order valence-corrected chi connectivity index (χ2v) is 4.23. The third-order valence-corrected chi connectivity index (χ3v) is 3.17. The van der Waals surface area contributed by atoms with Gasteiger partial charge in [0.05, 0.1) is 12.7 Å². The Bertz CT molecular complexity index is 324. The van der Waals surface area contributed by atoms with Crippen LogP contribution in [0.25, 0.3) is 0 Å². The first kappa shape index (κ1) is 11.4. The van der Waals surface area contributed by atoms with Gasteiger partial charge in [-0.3, -0.25) is 0 Å². The van der Waals surface area contributed by atoms with Crippen LogP contribution in [0.4, 0.5) is 0 Å². The lowest BCUT2D eigenvalue weighted by Gasteiger charge is -2.26. The molecule has 1 saturated heterocycles. The van der Waals surface area contributed by atoms with E-state index in [1.807, 2.05) is 24.3 Å². The molecule has 16 heavy (non-hydrogen) atoms. The highest BCUT2D eigenvalue weighted by atomic mass is 16.5. The van der Waals surface area contributed by atoms with E-state index in [1.165, 1.54) is 0 Å². The molecule has 1 aliphatic rings. The van der Waals surface area contributed by atoms with Crippen LogP contribution in [-0.4, -0.2) is 25.4 Å². The van der Waals surface area contributed by atoms with Crippen molar-refractivity contribution in [2.45, 2.75) is 24.9 Å². The van der Waals surface area contributed by atoms with Gasteiger partial charge in [0.2, 0.25) is 0 Å². The molecule has 1 unspecified atom stereocenters. The highest BCUT2D eigenvalue weighted by molar-refractivity contribution is 5.30. The van der Waals surface area contributed by atoms with Gasteiger partial charge in [-0.15, -0.1) is 0 Å². The van der Waals surface area contributed by atoms with Crippen LogP contribution < -0.4 is 4.74 Å². The van der Waals surface area contributed by atoms with Gasteiger partial charge in [-0.25, -0.2) is 0 Å². The molecule has 0 spiro atoms. The summed E-state index contributed by atoms with van der Waals surface area (Å²) in [5.41, 5.74) is 0.224. The van der Waals surface area contributed by atoms with E-state index in [-0.39, 0.29) is 0 Å². The lowest BCUT2D eigenvalue weighted by atomic mass is 9.87. The second kappa shape index (κ2) is 4.85. The van der Waals surface area contributed by atoms with Gasteiger partial charge in [-0.2, -0.15) is 0 Å². The molecule has 1 heterocycles. The topological polar surface area (TPSA) is 38.7 Å². The summed E-state index contributed by atoms with van der Waals surface area (Å²) in [7, 11) is 1.64. The molecule has 0 amide bonds. The van der Waals surface area contributed by atoms with E-state index in [0.717, 1.165) is 30.8 Å². The minimum absolute atomic E-state index is 0.628. The van der Waals surface area contributed by atoms with Gasteiger partial charge >= 0.3 is 0 Å². The monoisotopic (exact) mass is 222 g/mol. The van der Waals surface area contributed by atoms with Crippen LogP contribution in [-0.2, 0) is 10.3 Å². The molecular formula is C13H18O3. The van der Waals surface area contributed by atoms with E-state index < -0.39 is 5.60 Å². The second-order valence-electron chi connectivity index (χ2n) is 4.23. The molecule has 1 aromatic carbocycles. The van der Waals surface area contributed by atoms with Crippen LogP contribution in [0.1, 0.15) is 24.8 Å². The molecular weight excluding hydrogens is 204 g/mol. The lowest BCUT2D eigenvalue weighted by molar-refractivity contribution is 0.0144. The maximum atomic E-state index is 10.6. The van der Waals surface area contributed by atoms with Gasteiger partial charge in [0.15, 0.2) is 0 Å². The van der Waals surface area contributed by atoms with E-state index in [2.05, 4.69) is 0 Å². The first-order valence-electron chi connectivity index (χ1n) is 5.69. The first-order valence-corrected chi connectivity index (χ1v) is 5.69. The average molecular weight is 222 g/mol. The molecule has 1 atom stereocenters. The molecule has 0 aromatic heterocycles. The third-order valence-electron chi connectivity index (χ3n) is 3.17. The Labute approximate surface area is 96.0 Å². The highest BCUT2D eigenvalue weighted by Crippen LogP contribution is 2.32. The van der Waals surface area contributed by atoms with Gasteiger partial charge in [-0.05, 0) is 30.5 Å². The molecule has 0 radical (unpaired) electrons. The number of hydrogen-bond acceptors (Lipinski definition) is 3. The summed E-state index contributed by atoms with van der Waals surface area (Å²) in [4.78, 5) is 0. The molecule has 3 nitrogen and oxygen atoms in total. The minimum Gasteiger partial charge on any atom is -0.497 e. The Morgan fingerprint density at radius 3 is 2.62 bits per heavy atom. The molecule has 1 N–H and O–H groups in total. The Kier molecular flexibility index (Phi) is 3.46. The first-order chi connectivity index (χ1) is 7.74. The van der Waals surface area contributed by atoms with E-state index in [4.69, 9.17) is 9.47 Å². The average Bonchev–Trinajstić information content (AvgIpc) is 2.55.